The maximum absolute atomic E-state index is 11.4. The first-order valence-corrected chi connectivity index (χ1v) is 7.10. The minimum Gasteiger partial charge on any atom is -0.360 e. The molecule has 0 radical (unpaired) electrons. The zero-order valence-corrected chi connectivity index (χ0v) is 12.0. The van der Waals surface area contributed by atoms with E-state index in [0.29, 0.717) is 5.69 Å². The molecule has 2 aromatic heterocycles. The van der Waals surface area contributed by atoms with E-state index in [-0.39, 0.29) is 5.91 Å². The van der Waals surface area contributed by atoms with E-state index < -0.39 is 0 Å². The van der Waals surface area contributed by atoms with Gasteiger partial charge in [-0.3, -0.25) is 10.2 Å². The highest BCUT2D eigenvalue weighted by Gasteiger charge is 2.13. The number of carbonyl (C=O) groups is 1. The van der Waals surface area contributed by atoms with Gasteiger partial charge in [-0.05, 0) is 18.2 Å². The molecule has 0 unspecified atom stereocenters. The molecule has 1 amide bonds. The van der Waals surface area contributed by atoms with Crippen molar-refractivity contribution in [3.63, 3.8) is 0 Å². The molecular weight excluding hydrogens is 328 g/mol. The predicted molar refractivity (Wildman–Crippen MR) is 78.8 cm³/mol. The molecule has 7 heteroatoms. The summed E-state index contributed by atoms with van der Waals surface area (Å²) in [6.45, 7) is 0. The van der Waals surface area contributed by atoms with Crippen LogP contribution in [0, 0.1) is 0 Å². The number of fused-ring (bicyclic) bond motifs is 1. The maximum Gasteiger partial charge on any atom is 0.284 e. The smallest absolute Gasteiger partial charge is 0.284 e. The highest BCUT2D eigenvalue weighted by Crippen LogP contribution is 2.32. The second kappa shape index (κ2) is 4.76. The molecule has 3 rings (SSSR count). The lowest BCUT2D eigenvalue weighted by molar-refractivity contribution is 0.0949. The lowest BCUT2D eigenvalue weighted by Gasteiger charge is -1.95. The number of nitrogens with zero attached hydrogens (tertiary/aromatic N) is 1. The number of aromatic nitrogens is 2. The van der Waals surface area contributed by atoms with Crippen LogP contribution >= 0.6 is 27.3 Å². The molecule has 19 heavy (non-hydrogen) atoms. The molecule has 0 saturated carbocycles. The molecule has 0 atom stereocenters. The van der Waals surface area contributed by atoms with Crippen LogP contribution in [0.2, 0.25) is 0 Å². The summed E-state index contributed by atoms with van der Waals surface area (Å²) in [5.41, 5.74) is 4.40. The lowest BCUT2D eigenvalue weighted by atomic mass is 10.2. The molecule has 0 saturated heterocycles. The van der Waals surface area contributed by atoms with E-state index in [1.807, 2.05) is 24.4 Å². The van der Waals surface area contributed by atoms with Gasteiger partial charge >= 0.3 is 0 Å². The van der Waals surface area contributed by atoms with Gasteiger partial charge in [-0.1, -0.05) is 15.9 Å². The molecule has 0 aliphatic heterocycles. The Morgan fingerprint density at radius 3 is 3.11 bits per heavy atom. The van der Waals surface area contributed by atoms with Crippen LogP contribution in [-0.2, 0) is 0 Å². The fraction of sp³-hybridized carbons (Fsp3) is 0. The number of benzene rings is 1. The average molecular weight is 337 g/mol. The van der Waals surface area contributed by atoms with Crippen molar-refractivity contribution in [2.24, 2.45) is 5.84 Å². The fourth-order valence-corrected chi connectivity index (χ4v) is 3.04. The second-order valence-electron chi connectivity index (χ2n) is 3.90. The molecule has 0 spiro atoms. The molecule has 0 aliphatic carbocycles. The normalized spacial score (nSPS) is 10.8. The molecule has 4 N–H and O–H groups in total. The summed E-state index contributed by atoms with van der Waals surface area (Å²) in [5, 5.41) is 3.53. The second-order valence-corrected chi connectivity index (χ2v) is 5.68. The van der Waals surface area contributed by atoms with Crippen molar-refractivity contribution in [3.05, 3.63) is 39.9 Å². The molecule has 0 bridgehead atoms. The Hall–Kier alpha value is -1.70. The third-order valence-corrected chi connectivity index (χ3v) is 4.11. The molecule has 1 aromatic carbocycles. The van der Waals surface area contributed by atoms with Gasteiger partial charge < -0.3 is 4.98 Å². The number of aromatic amines is 1. The summed E-state index contributed by atoms with van der Waals surface area (Å²) in [6, 6.07) is 5.98. The molecular formula is C12H9BrN4OS. The Kier molecular flexibility index (Phi) is 3.09. The highest BCUT2D eigenvalue weighted by atomic mass is 79.9. The molecule has 0 aliphatic rings. The number of rotatable bonds is 2. The molecule has 2 heterocycles. The minimum atomic E-state index is -0.386. The first kappa shape index (κ1) is 12.3. The summed E-state index contributed by atoms with van der Waals surface area (Å²) in [4.78, 5) is 18.9. The van der Waals surface area contributed by atoms with Gasteiger partial charge in [0.2, 0.25) is 0 Å². The van der Waals surface area contributed by atoms with E-state index in [4.69, 9.17) is 5.84 Å². The van der Waals surface area contributed by atoms with Crippen molar-refractivity contribution in [2.45, 2.75) is 0 Å². The van der Waals surface area contributed by atoms with Crippen LogP contribution in [0.25, 0.3) is 21.5 Å². The molecule has 96 valence electrons. The first-order valence-electron chi connectivity index (χ1n) is 5.42. The number of hydrogen-bond acceptors (Lipinski definition) is 4. The van der Waals surface area contributed by atoms with Crippen LogP contribution in [0.3, 0.4) is 0 Å². The molecule has 3 aromatic rings. The van der Waals surface area contributed by atoms with Crippen LogP contribution in [-0.4, -0.2) is 15.9 Å². The summed E-state index contributed by atoms with van der Waals surface area (Å²) < 4.78 is 0.998. The van der Waals surface area contributed by atoms with Gasteiger partial charge in [0, 0.05) is 32.5 Å². The summed E-state index contributed by atoms with van der Waals surface area (Å²) in [7, 11) is 0. The van der Waals surface area contributed by atoms with E-state index in [0.717, 1.165) is 25.9 Å². The van der Waals surface area contributed by atoms with E-state index in [9.17, 15) is 4.79 Å². The summed E-state index contributed by atoms with van der Waals surface area (Å²) >= 11 is 4.86. The van der Waals surface area contributed by atoms with Crippen LogP contribution in [0.5, 0.6) is 0 Å². The Morgan fingerprint density at radius 1 is 1.47 bits per heavy atom. The van der Waals surface area contributed by atoms with E-state index in [1.54, 1.807) is 5.38 Å². The molecule has 0 fully saturated rings. The van der Waals surface area contributed by atoms with Crippen molar-refractivity contribution in [2.75, 3.05) is 0 Å². The highest BCUT2D eigenvalue weighted by molar-refractivity contribution is 9.10. The minimum absolute atomic E-state index is 0.326. The zero-order valence-electron chi connectivity index (χ0n) is 9.61. The van der Waals surface area contributed by atoms with Crippen LogP contribution in [0.15, 0.2) is 34.2 Å². The van der Waals surface area contributed by atoms with Crippen molar-refractivity contribution in [1.82, 2.24) is 15.4 Å². The van der Waals surface area contributed by atoms with Gasteiger partial charge in [0.1, 0.15) is 10.7 Å². The summed E-state index contributed by atoms with van der Waals surface area (Å²) in [5.74, 6) is 4.71. The lowest BCUT2D eigenvalue weighted by Crippen LogP contribution is -2.30. The largest absolute Gasteiger partial charge is 0.360 e. The third kappa shape index (κ3) is 2.16. The van der Waals surface area contributed by atoms with E-state index in [2.05, 4.69) is 31.3 Å². The van der Waals surface area contributed by atoms with Gasteiger partial charge in [-0.2, -0.15) is 0 Å². The van der Waals surface area contributed by atoms with Crippen LogP contribution in [0.1, 0.15) is 10.5 Å². The Morgan fingerprint density at radius 2 is 2.32 bits per heavy atom. The number of nitrogen functional groups attached to an aromatic ring is 1. The third-order valence-electron chi connectivity index (χ3n) is 2.74. The van der Waals surface area contributed by atoms with Crippen LogP contribution < -0.4 is 11.3 Å². The Labute approximate surface area is 120 Å². The Balaban J connectivity index is 2.11. The fourth-order valence-electron chi connectivity index (χ4n) is 1.85. The molecule has 5 nitrogen and oxygen atoms in total. The van der Waals surface area contributed by atoms with Crippen molar-refractivity contribution >= 4 is 44.1 Å². The quantitative estimate of drug-likeness (QED) is 0.382. The van der Waals surface area contributed by atoms with Crippen molar-refractivity contribution in [1.29, 1.82) is 0 Å². The average Bonchev–Trinajstić information content (AvgIpc) is 3.03. The summed E-state index contributed by atoms with van der Waals surface area (Å²) in [6.07, 6.45) is 1.89. The van der Waals surface area contributed by atoms with Gasteiger partial charge in [0.05, 0.1) is 0 Å². The number of H-pyrrole nitrogens is 1. The number of nitrogens with two attached hydrogens (primary N) is 1. The van der Waals surface area contributed by atoms with Crippen molar-refractivity contribution in [3.8, 4) is 10.6 Å². The SMILES string of the molecule is NNC(=O)c1csc(-c2c[nH]c3ccc(Br)cc23)n1. The standard InChI is InChI=1S/C12H9BrN4OS/c13-6-1-2-9-7(3-6)8(4-15-9)12-16-10(5-19-12)11(18)17-14/h1-5,15H,14H2,(H,17,18). The van der Waals surface area contributed by atoms with Gasteiger partial charge in [0.15, 0.2) is 0 Å². The number of carbonyl (C=O) groups excluding carboxylic acids is 1. The number of amides is 1. The first-order chi connectivity index (χ1) is 9.19. The number of hydrogen-bond donors (Lipinski definition) is 3. The van der Waals surface area contributed by atoms with Crippen LogP contribution in [0.4, 0.5) is 0 Å². The van der Waals surface area contributed by atoms with E-state index >= 15 is 0 Å². The van der Waals surface area contributed by atoms with Gasteiger partial charge in [-0.25, -0.2) is 10.8 Å². The van der Waals surface area contributed by atoms with Gasteiger partial charge in [0.25, 0.3) is 5.91 Å². The number of halogens is 1. The topological polar surface area (TPSA) is 83.8 Å². The number of thiazole rings is 1. The monoisotopic (exact) mass is 336 g/mol. The van der Waals surface area contributed by atoms with Gasteiger partial charge in [-0.15, -0.1) is 11.3 Å². The maximum atomic E-state index is 11.4. The number of nitrogens with one attached hydrogen (secondary N) is 2. The van der Waals surface area contributed by atoms with E-state index in [1.165, 1.54) is 11.3 Å². The number of hydrazine groups is 1. The Bertz CT molecular complexity index is 764. The van der Waals surface area contributed by atoms with Crippen molar-refractivity contribution < 1.29 is 4.79 Å². The predicted octanol–water partition coefficient (Wildman–Crippen LogP) is 2.66. The zero-order chi connectivity index (χ0) is 13.4.